The third-order valence-electron chi connectivity index (χ3n) is 6.42. The molecular weight excluding hydrogens is 419 g/mol. The van der Waals surface area contributed by atoms with Crippen LogP contribution in [0.1, 0.15) is 53.5 Å². The van der Waals surface area contributed by atoms with Crippen LogP contribution < -0.4 is 4.74 Å². The fourth-order valence-corrected chi connectivity index (χ4v) is 10.2. The molecule has 1 aliphatic heterocycles. The van der Waals surface area contributed by atoms with Gasteiger partial charge in [0.2, 0.25) is 6.23 Å². The van der Waals surface area contributed by atoms with Gasteiger partial charge in [0.25, 0.3) is 0 Å². The molecule has 0 N–H and O–H groups in total. The third kappa shape index (κ3) is 6.06. The summed E-state index contributed by atoms with van der Waals surface area (Å²) >= 11 is 0. The number of hydrogen-bond acceptors (Lipinski definition) is 3. The molecule has 0 aliphatic carbocycles. The van der Waals surface area contributed by atoms with Crippen molar-refractivity contribution >= 4 is 8.07 Å². The molecule has 7 heteroatoms. The summed E-state index contributed by atoms with van der Waals surface area (Å²) in [6, 6.07) is 7.08. The lowest BCUT2D eigenvalue weighted by Crippen LogP contribution is -2.43. The molecule has 1 aromatic rings. The molecule has 31 heavy (non-hydrogen) atoms. The Bertz CT molecular complexity index is 744. The first-order chi connectivity index (χ1) is 14.4. The molecule has 2 atom stereocenters. The summed E-state index contributed by atoms with van der Waals surface area (Å²) in [5, 5.41) is 0. The van der Waals surface area contributed by atoms with E-state index in [1.807, 2.05) is 0 Å². The number of benzene rings is 1. The summed E-state index contributed by atoms with van der Waals surface area (Å²) in [7, 11) is -0.345. The van der Waals surface area contributed by atoms with E-state index in [0.29, 0.717) is 28.8 Å². The van der Waals surface area contributed by atoms with Crippen LogP contribution in [0.25, 0.3) is 0 Å². The molecule has 0 radical (unpaired) electrons. The van der Waals surface area contributed by atoms with E-state index in [9.17, 15) is 13.2 Å². The first-order valence-corrected chi connectivity index (χ1v) is 13.2. The first-order valence-electron chi connectivity index (χ1n) is 11.0. The van der Waals surface area contributed by atoms with Gasteiger partial charge >= 0.3 is 6.18 Å². The molecule has 0 bridgehead atoms. The van der Waals surface area contributed by atoms with Gasteiger partial charge in [0.05, 0.1) is 13.2 Å². The van der Waals surface area contributed by atoms with Gasteiger partial charge in [0.1, 0.15) is 13.8 Å². The molecule has 2 rings (SSSR count). The van der Waals surface area contributed by atoms with Crippen molar-refractivity contribution < 1.29 is 22.6 Å². The summed E-state index contributed by atoms with van der Waals surface area (Å²) in [6.45, 7) is 13.7. The molecule has 174 valence electrons. The maximum absolute atomic E-state index is 13.6. The van der Waals surface area contributed by atoms with E-state index < -0.39 is 26.6 Å². The normalized spacial score (nSPS) is 20.4. The smallest absolute Gasteiger partial charge is 0.428 e. The minimum absolute atomic E-state index is 0.167. The standard InChI is InChI=1S/C24H36F3NO2Si/c1-17(2)31(18(3)4,19(5)6)14-8-9-22-16-28(23(30-22)24(25,26)27)15-20-10-12-21(29-7)13-11-20/h10-13,17-19,22-23H,9,15-16H2,1-7H3/t22-,23+/m0/s1. The molecule has 3 nitrogen and oxygen atoms in total. The van der Waals surface area contributed by atoms with E-state index in [2.05, 4.69) is 53.0 Å². The Labute approximate surface area is 186 Å². The number of rotatable bonds is 7. The Morgan fingerprint density at radius 2 is 1.61 bits per heavy atom. The topological polar surface area (TPSA) is 21.7 Å². The molecule has 0 unspecified atom stereocenters. The Morgan fingerprint density at radius 3 is 2.06 bits per heavy atom. The van der Waals surface area contributed by atoms with Gasteiger partial charge in [-0.25, -0.2) is 0 Å². The van der Waals surface area contributed by atoms with Crippen LogP contribution in [-0.2, 0) is 11.3 Å². The maximum Gasteiger partial charge on any atom is 0.428 e. The Hall–Kier alpha value is -1.49. The lowest BCUT2D eigenvalue weighted by molar-refractivity contribution is -0.246. The summed E-state index contributed by atoms with van der Waals surface area (Å²) in [5.74, 6) is 3.94. The van der Waals surface area contributed by atoms with Crippen molar-refractivity contribution in [3.05, 3.63) is 29.8 Å². The van der Waals surface area contributed by atoms with Crippen molar-refractivity contribution in [2.24, 2.45) is 0 Å². The van der Waals surface area contributed by atoms with Gasteiger partial charge in [-0.1, -0.05) is 53.7 Å². The summed E-state index contributed by atoms with van der Waals surface area (Å²) < 4.78 is 51.4. The molecule has 1 aromatic carbocycles. The number of ether oxygens (including phenoxy) is 2. The van der Waals surface area contributed by atoms with Gasteiger partial charge in [-0.3, -0.25) is 4.90 Å². The Balaban J connectivity index is 2.16. The van der Waals surface area contributed by atoms with Crippen molar-refractivity contribution in [1.29, 1.82) is 0 Å². The number of methoxy groups -OCH3 is 1. The second kappa shape index (κ2) is 10.4. The number of alkyl halides is 3. The molecule has 0 saturated carbocycles. The van der Waals surface area contributed by atoms with Crippen LogP contribution in [0.2, 0.25) is 16.6 Å². The average molecular weight is 456 g/mol. The lowest BCUT2D eigenvalue weighted by Gasteiger charge is -2.38. The van der Waals surface area contributed by atoms with Crippen LogP contribution in [-0.4, -0.2) is 45.1 Å². The van der Waals surface area contributed by atoms with E-state index in [4.69, 9.17) is 9.47 Å². The Morgan fingerprint density at radius 1 is 1.06 bits per heavy atom. The zero-order chi connectivity index (χ0) is 23.4. The first kappa shape index (κ1) is 25.8. The zero-order valence-corrected chi connectivity index (χ0v) is 20.7. The van der Waals surface area contributed by atoms with Gasteiger partial charge in [-0.2, -0.15) is 13.2 Å². The average Bonchev–Trinajstić information content (AvgIpc) is 3.08. The fourth-order valence-electron chi connectivity index (χ4n) is 4.93. The highest BCUT2D eigenvalue weighted by atomic mass is 28.3. The van der Waals surface area contributed by atoms with E-state index in [1.165, 1.54) is 4.90 Å². The van der Waals surface area contributed by atoms with Crippen LogP contribution in [0.5, 0.6) is 5.75 Å². The largest absolute Gasteiger partial charge is 0.497 e. The third-order valence-corrected chi connectivity index (χ3v) is 12.8. The van der Waals surface area contributed by atoms with Crippen molar-refractivity contribution in [2.75, 3.05) is 13.7 Å². The summed E-state index contributed by atoms with van der Waals surface area (Å²) in [5.41, 5.74) is 5.83. The van der Waals surface area contributed by atoms with E-state index in [-0.39, 0.29) is 13.1 Å². The predicted molar refractivity (Wildman–Crippen MR) is 122 cm³/mol. The second-order valence-electron chi connectivity index (χ2n) is 9.33. The minimum Gasteiger partial charge on any atom is -0.497 e. The van der Waals surface area contributed by atoms with Crippen LogP contribution in [0, 0.1) is 11.5 Å². The maximum atomic E-state index is 13.6. The highest BCUT2D eigenvalue weighted by molar-refractivity contribution is 6.90. The predicted octanol–water partition coefficient (Wildman–Crippen LogP) is 6.40. The SMILES string of the molecule is COc1ccc(CN2C[C@H](CC#C[Si](C(C)C)(C(C)C)C(C)C)O[C@@H]2C(F)(F)F)cc1. The van der Waals surface area contributed by atoms with Crippen molar-refractivity contribution in [2.45, 2.75) is 89.6 Å². The quantitative estimate of drug-likeness (QED) is 0.351. The molecular formula is C24H36F3NO2Si. The molecule has 0 spiro atoms. The number of halogens is 3. The van der Waals surface area contributed by atoms with Gasteiger partial charge in [-0.15, -0.1) is 11.5 Å². The molecule has 1 aliphatic rings. The monoisotopic (exact) mass is 455 g/mol. The highest BCUT2D eigenvalue weighted by Crippen LogP contribution is 2.41. The van der Waals surface area contributed by atoms with Crippen molar-refractivity contribution in [3.8, 4) is 17.2 Å². The van der Waals surface area contributed by atoms with Crippen molar-refractivity contribution in [3.63, 3.8) is 0 Å². The minimum atomic E-state index is -4.44. The molecule has 1 heterocycles. The molecule has 0 amide bonds. The lowest BCUT2D eigenvalue weighted by atomic mass is 10.2. The Kier molecular flexibility index (Phi) is 8.66. The van der Waals surface area contributed by atoms with Gasteiger partial charge in [0.15, 0.2) is 0 Å². The van der Waals surface area contributed by atoms with Crippen LogP contribution in [0.4, 0.5) is 13.2 Å². The van der Waals surface area contributed by atoms with Crippen molar-refractivity contribution in [1.82, 2.24) is 4.90 Å². The molecule has 1 saturated heterocycles. The van der Waals surface area contributed by atoms with Crippen LogP contribution in [0.3, 0.4) is 0 Å². The van der Waals surface area contributed by atoms with E-state index >= 15 is 0 Å². The molecule has 1 fully saturated rings. The second-order valence-corrected chi connectivity index (χ2v) is 14.9. The summed E-state index contributed by atoms with van der Waals surface area (Å²) in [4.78, 5) is 1.35. The van der Waals surface area contributed by atoms with E-state index in [1.54, 1.807) is 31.4 Å². The highest BCUT2D eigenvalue weighted by Gasteiger charge is 2.50. The fraction of sp³-hybridized carbons (Fsp3) is 0.667. The number of hydrogen-bond donors (Lipinski definition) is 0. The van der Waals surface area contributed by atoms with Crippen LogP contribution in [0.15, 0.2) is 24.3 Å². The van der Waals surface area contributed by atoms with Gasteiger partial charge in [0, 0.05) is 19.5 Å². The van der Waals surface area contributed by atoms with E-state index in [0.717, 1.165) is 5.56 Å². The zero-order valence-electron chi connectivity index (χ0n) is 19.7. The van der Waals surface area contributed by atoms with Gasteiger partial charge < -0.3 is 9.47 Å². The molecule has 0 aromatic heterocycles. The van der Waals surface area contributed by atoms with Crippen LogP contribution >= 0.6 is 0 Å². The number of nitrogens with zero attached hydrogens (tertiary/aromatic N) is 1. The summed E-state index contributed by atoms with van der Waals surface area (Å²) in [6.07, 6.45) is -6.56. The van der Waals surface area contributed by atoms with Gasteiger partial charge in [-0.05, 0) is 34.3 Å².